The average Bonchev–Trinajstić information content (AvgIpc) is 4.08. The lowest BCUT2D eigenvalue weighted by Crippen LogP contribution is -2.25. The first-order valence-electron chi connectivity index (χ1n) is 23.9. The van der Waals surface area contributed by atoms with E-state index in [1.165, 1.54) is 64.3 Å². The molecule has 1 aliphatic rings. The number of aliphatic carboxylic acids is 1. The fraction of sp³-hybridized carbons (Fsp3) is 0.288. The van der Waals surface area contributed by atoms with E-state index in [9.17, 15) is 15.2 Å². The Morgan fingerprint density at radius 2 is 1.06 bits per heavy atom. The molecule has 2 aromatic heterocycles. The molecule has 8 nitrogen and oxygen atoms in total. The van der Waals surface area contributed by atoms with Crippen LogP contribution >= 0.6 is 22.7 Å². The van der Waals surface area contributed by atoms with Crippen molar-refractivity contribution in [2.24, 2.45) is 0 Å². The fourth-order valence-electron chi connectivity index (χ4n) is 9.74. The minimum absolute atomic E-state index is 0.166. The van der Waals surface area contributed by atoms with Crippen LogP contribution in [0.5, 0.6) is 23.0 Å². The molecule has 8 rings (SSSR count). The van der Waals surface area contributed by atoms with Crippen LogP contribution in [0.4, 0.5) is 17.1 Å². The van der Waals surface area contributed by atoms with Crippen LogP contribution in [-0.4, -0.2) is 39.5 Å². The molecular weight excluding hydrogens is 897 g/mol. The SMILES string of the molecule is CCCCCCC1(CCCCCC)c2cc(/C=C(/C#N)C(=O)O)sc2-c2sc(-c3ccc(N(c4ccc(-c5ccc(OC)cc5OC)cc4)c4ccc(-c5ccc(OC)cc5OC)cc4)cc3)cc21. The maximum Gasteiger partial charge on any atom is 0.346 e. The Morgan fingerprint density at radius 1 is 0.594 bits per heavy atom. The molecule has 0 atom stereocenters. The summed E-state index contributed by atoms with van der Waals surface area (Å²) in [6.45, 7) is 4.51. The molecule has 1 N–H and O–H groups in total. The van der Waals surface area contributed by atoms with E-state index in [4.69, 9.17) is 18.9 Å². The van der Waals surface area contributed by atoms with E-state index in [0.717, 1.165) is 98.4 Å². The number of hydrogen-bond donors (Lipinski definition) is 1. The zero-order valence-electron chi connectivity index (χ0n) is 40.4. The molecule has 0 spiro atoms. The molecule has 0 bridgehead atoms. The second kappa shape index (κ2) is 22.1. The van der Waals surface area contributed by atoms with E-state index in [1.54, 1.807) is 45.9 Å². The highest BCUT2D eigenvalue weighted by Crippen LogP contribution is 2.61. The van der Waals surface area contributed by atoms with Gasteiger partial charge in [0.15, 0.2) is 0 Å². The molecule has 0 saturated heterocycles. The maximum absolute atomic E-state index is 11.9. The van der Waals surface area contributed by atoms with Gasteiger partial charge in [0.1, 0.15) is 34.6 Å². The van der Waals surface area contributed by atoms with Gasteiger partial charge in [0, 0.05) is 65.2 Å². The summed E-state index contributed by atoms with van der Waals surface area (Å²) in [6, 6.07) is 44.3. The van der Waals surface area contributed by atoms with Crippen molar-refractivity contribution >= 4 is 51.8 Å². The lowest BCUT2D eigenvalue weighted by atomic mass is 9.71. The number of methoxy groups -OCH3 is 4. The molecule has 0 amide bonds. The van der Waals surface area contributed by atoms with Crippen molar-refractivity contribution in [1.29, 1.82) is 5.26 Å². The van der Waals surface area contributed by atoms with E-state index in [2.05, 4.69) is 104 Å². The number of nitrogens with zero attached hydrogens (tertiary/aromatic N) is 2. The minimum Gasteiger partial charge on any atom is -0.497 e. The first-order chi connectivity index (χ1) is 33.7. The van der Waals surface area contributed by atoms with Gasteiger partial charge in [0.25, 0.3) is 0 Å². The van der Waals surface area contributed by atoms with Crippen molar-refractivity contribution < 1.29 is 28.8 Å². The number of nitriles is 1. The van der Waals surface area contributed by atoms with Crippen molar-refractivity contribution in [2.45, 2.75) is 83.5 Å². The summed E-state index contributed by atoms with van der Waals surface area (Å²) < 4.78 is 22.5. The Balaban J connectivity index is 1.19. The summed E-state index contributed by atoms with van der Waals surface area (Å²) in [6.07, 6.45) is 13.0. The Kier molecular flexibility index (Phi) is 15.6. The normalized spacial score (nSPS) is 12.5. The van der Waals surface area contributed by atoms with Crippen molar-refractivity contribution in [2.75, 3.05) is 33.3 Å². The number of hydrogen-bond acceptors (Lipinski definition) is 9. The van der Waals surface area contributed by atoms with E-state index >= 15 is 0 Å². The average molecular weight is 957 g/mol. The Bertz CT molecular complexity index is 2850. The van der Waals surface area contributed by atoms with Crippen LogP contribution in [0, 0.1) is 11.3 Å². The molecule has 0 saturated carbocycles. The predicted octanol–water partition coefficient (Wildman–Crippen LogP) is 16.5. The third kappa shape index (κ3) is 10.2. The van der Waals surface area contributed by atoms with Crippen LogP contribution in [0.15, 0.2) is 127 Å². The van der Waals surface area contributed by atoms with E-state index < -0.39 is 5.97 Å². The Hall–Kier alpha value is -6.80. The number of benzene rings is 5. The summed E-state index contributed by atoms with van der Waals surface area (Å²) in [5.41, 5.74) is 10.4. The lowest BCUT2D eigenvalue weighted by molar-refractivity contribution is -0.132. The standard InChI is InChI=1S/C59H60N2O6S2/c1-7-9-11-13-31-59(32-14-12-10-8-2)51-36-48(33-42(38-60)58(62)63)68-56(51)57-52(59)37-55(69-57)41-19-25-45(26-20-41)61(43-21-15-39(16-22-43)49-29-27-46(64-3)34-53(49)66-5)44-23-17-40(18-24-44)50-30-28-47(65-4)35-54(50)67-6/h15-30,33-37H,7-14,31-32H2,1-6H3,(H,62,63)/b42-33-. The monoisotopic (exact) mass is 956 g/mol. The van der Waals surface area contributed by atoms with Crippen LogP contribution in [0.2, 0.25) is 0 Å². The molecule has 5 aromatic carbocycles. The van der Waals surface area contributed by atoms with E-state index in [-0.39, 0.29) is 11.0 Å². The van der Waals surface area contributed by atoms with Gasteiger partial charge in [0.2, 0.25) is 0 Å². The number of ether oxygens (including phenoxy) is 4. The number of carbonyl (C=O) groups is 1. The van der Waals surface area contributed by atoms with Gasteiger partial charge in [-0.05, 0) is 120 Å². The molecule has 0 fully saturated rings. The Labute approximate surface area is 415 Å². The first-order valence-corrected chi connectivity index (χ1v) is 25.5. The van der Waals surface area contributed by atoms with Crippen molar-refractivity contribution in [3.63, 3.8) is 0 Å². The quantitative estimate of drug-likeness (QED) is 0.0407. The predicted molar refractivity (Wildman–Crippen MR) is 284 cm³/mol. The largest absolute Gasteiger partial charge is 0.497 e. The van der Waals surface area contributed by atoms with Crippen LogP contribution < -0.4 is 23.8 Å². The number of anilines is 3. The third-order valence-electron chi connectivity index (χ3n) is 13.4. The molecule has 354 valence electrons. The zero-order valence-corrected chi connectivity index (χ0v) is 42.0. The van der Waals surface area contributed by atoms with E-state index in [1.807, 2.05) is 53.8 Å². The van der Waals surface area contributed by atoms with Crippen LogP contribution in [0.3, 0.4) is 0 Å². The second-order valence-electron chi connectivity index (χ2n) is 17.5. The molecule has 7 aromatic rings. The minimum atomic E-state index is -1.20. The third-order valence-corrected chi connectivity index (χ3v) is 15.8. The number of thiophene rings is 2. The number of fused-ring (bicyclic) bond motifs is 3. The van der Waals surface area contributed by atoms with Gasteiger partial charge in [-0.15, -0.1) is 22.7 Å². The summed E-state index contributed by atoms with van der Waals surface area (Å²) in [5, 5.41) is 19.4. The lowest BCUT2D eigenvalue weighted by Gasteiger charge is -2.31. The molecular formula is C59H60N2O6S2. The number of carboxylic acid groups (broad SMARTS) is 1. The van der Waals surface area contributed by atoms with E-state index in [0.29, 0.717) is 0 Å². The number of unbranched alkanes of at least 4 members (excludes halogenated alkanes) is 6. The summed E-state index contributed by atoms with van der Waals surface area (Å²) in [4.78, 5) is 18.7. The molecule has 2 heterocycles. The molecule has 69 heavy (non-hydrogen) atoms. The molecule has 10 heteroatoms. The van der Waals surface area contributed by atoms with Gasteiger partial charge in [-0.3, -0.25) is 0 Å². The zero-order chi connectivity index (χ0) is 48.5. The number of rotatable bonds is 22. The van der Waals surface area contributed by atoms with Crippen molar-refractivity contribution in [1.82, 2.24) is 0 Å². The fourth-order valence-corrected chi connectivity index (χ4v) is 12.4. The molecule has 0 aliphatic heterocycles. The van der Waals surface area contributed by atoms with Gasteiger partial charge < -0.3 is 29.0 Å². The van der Waals surface area contributed by atoms with Crippen LogP contribution in [0.1, 0.15) is 94.1 Å². The summed E-state index contributed by atoms with van der Waals surface area (Å²) >= 11 is 3.45. The van der Waals surface area contributed by atoms with Gasteiger partial charge in [-0.25, -0.2) is 4.79 Å². The highest BCUT2D eigenvalue weighted by Gasteiger charge is 2.45. The van der Waals surface area contributed by atoms with Gasteiger partial charge in [-0.2, -0.15) is 5.26 Å². The molecule has 0 unspecified atom stereocenters. The first kappa shape index (κ1) is 48.6. The Morgan fingerprint density at radius 3 is 1.49 bits per heavy atom. The second-order valence-corrected chi connectivity index (χ2v) is 19.7. The van der Waals surface area contributed by atoms with Crippen LogP contribution in [-0.2, 0) is 10.2 Å². The maximum atomic E-state index is 11.9. The summed E-state index contributed by atoms with van der Waals surface area (Å²) in [5.74, 6) is 1.75. The summed E-state index contributed by atoms with van der Waals surface area (Å²) in [7, 11) is 6.66. The smallest absolute Gasteiger partial charge is 0.346 e. The highest BCUT2D eigenvalue weighted by molar-refractivity contribution is 7.24. The van der Waals surface area contributed by atoms with Crippen LogP contribution in [0.25, 0.3) is 48.5 Å². The van der Waals surface area contributed by atoms with Gasteiger partial charge in [0.05, 0.1) is 28.4 Å². The van der Waals surface area contributed by atoms with Gasteiger partial charge >= 0.3 is 5.97 Å². The van der Waals surface area contributed by atoms with Crippen molar-refractivity contribution in [3.05, 3.63) is 143 Å². The van der Waals surface area contributed by atoms with Crippen molar-refractivity contribution in [3.8, 4) is 71.5 Å². The number of carboxylic acids is 1. The molecule has 0 radical (unpaired) electrons. The molecule has 1 aliphatic carbocycles. The topological polar surface area (TPSA) is 101 Å². The highest BCUT2D eigenvalue weighted by atomic mass is 32.1. The van der Waals surface area contributed by atoms with Gasteiger partial charge in [-0.1, -0.05) is 102 Å².